The smallest absolute Gasteiger partial charge is 0.259 e. The van der Waals surface area contributed by atoms with E-state index in [9.17, 15) is 4.79 Å². The molecule has 0 radical (unpaired) electrons. The van der Waals surface area contributed by atoms with Crippen molar-refractivity contribution >= 4 is 39.2 Å². The largest absolute Gasteiger partial charge is 0.487 e. The summed E-state index contributed by atoms with van der Waals surface area (Å²) in [6.07, 6.45) is 0.534. The van der Waals surface area contributed by atoms with Crippen LogP contribution in [0.25, 0.3) is 0 Å². The first-order chi connectivity index (χ1) is 9.25. The van der Waals surface area contributed by atoms with Gasteiger partial charge in [-0.1, -0.05) is 15.9 Å². The van der Waals surface area contributed by atoms with E-state index < -0.39 is 11.1 Å². The van der Waals surface area contributed by atoms with E-state index >= 15 is 0 Å². The molecule has 1 fully saturated rings. The van der Waals surface area contributed by atoms with Crippen LogP contribution in [-0.2, 0) is 10.3 Å². The van der Waals surface area contributed by atoms with E-state index in [0.717, 1.165) is 15.8 Å². The summed E-state index contributed by atoms with van der Waals surface area (Å²) >= 11 is 8.71. The molecular formula is C14H15BrN2O2S. The third-order valence-electron chi connectivity index (χ3n) is 3.77. The van der Waals surface area contributed by atoms with Crippen LogP contribution in [0.4, 0.5) is 0 Å². The van der Waals surface area contributed by atoms with Crippen LogP contribution in [0.1, 0.15) is 25.8 Å². The summed E-state index contributed by atoms with van der Waals surface area (Å²) < 4.78 is 6.92. The Morgan fingerprint density at radius 1 is 1.45 bits per heavy atom. The minimum atomic E-state index is -0.827. The van der Waals surface area contributed by atoms with E-state index in [1.165, 1.54) is 4.90 Å². The number of hydrogen-bond donors (Lipinski definition) is 1. The molecule has 1 aromatic rings. The Balaban J connectivity index is 2.24. The van der Waals surface area contributed by atoms with Crippen LogP contribution >= 0.6 is 28.1 Å². The molecule has 20 heavy (non-hydrogen) atoms. The highest BCUT2D eigenvalue weighted by molar-refractivity contribution is 9.10. The van der Waals surface area contributed by atoms with Crippen molar-refractivity contribution in [1.82, 2.24) is 10.2 Å². The van der Waals surface area contributed by atoms with Gasteiger partial charge in [-0.2, -0.15) is 0 Å². The van der Waals surface area contributed by atoms with Crippen LogP contribution < -0.4 is 10.1 Å². The van der Waals surface area contributed by atoms with Crippen LogP contribution in [0, 0.1) is 0 Å². The molecule has 1 unspecified atom stereocenters. The lowest BCUT2D eigenvalue weighted by molar-refractivity contribution is -0.133. The van der Waals surface area contributed by atoms with Crippen LogP contribution in [0.3, 0.4) is 0 Å². The van der Waals surface area contributed by atoms with Gasteiger partial charge in [0, 0.05) is 23.5 Å². The van der Waals surface area contributed by atoms with Crippen LogP contribution in [0.5, 0.6) is 5.75 Å². The van der Waals surface area contributed by atoms with Gasteiger partial charge in [0.2, 0.25) is 0 Å². The first kappa shape index (κ1) is 13.8. The highest BCUT2D eigenvalue weighted by Gasteiger charge is 2.56. The Morgan fingerprint density at radius 2 is 2.15 bits per heavy atom. The number of benzene rings is 1. The second-order valence-corrected chi connectivity index (χ2v) is 7.18. The number of ether oxygens (including phenoxy) is 1. The Bertz CT molecular complexity index is 632. The minimum absolute atomic E-state index is 0.0294. The number of halogens is 1. The fourth-order valence-electron chi connectivity index (χ4n) is 2.99. The second-order valence-electron chi connectivity index (χ2n) is 5.88. The molecule has 1 aromatic carbocycles. The molecule has 106 valence electrons. The molecule has 1 N–H and O–H groups in total. The van der Waals surface area contributed by atoms with E-state index in [1.54, 1.807) is 7.05 Å². The number of nitrogens with zero attached hydrogens (tertiary/aromatic N) is 1. The summed E-state index contributed by atoms with van der Waals surface area (Å²) in [5, 5.41) is 3.67. The van der Waals surface area contributed by atoms with Crippen molar-refractivity contribution in [2.75, 3.05) is 7.05 Å². The molecule has 2 aliphatic rings. The Kier molecular flexibility index (Phi) is 2.89. The zero-order chi connectivity index (χ0) is 14.7. The molecule has 1 spiro atoms. The molecule has 3 rings (SSSR count). The van der Waals surface area contributed by atoms with Gasteiger partial charge in [-0.3, -0.25) is 9.69 Å². The molecule has 1 saturated heterocycles. The molecular weight excluding hydrogens is 340 g/mol. The Hall–Kier alpha value is -1.14. The quantitative estimate of drug-likeness (QED) is 0.727. The number of rotatable bonds is 0. The maximum absolute atomic E-state index is 12.8. The highest BCUT2D eigenvalue weighted by Crippen LogP contribution is 2.47. The lowest BCUT2D eigenvalue weighted by atomic mass is 9.77. The van der Waals surface area contributed by atoms with Crippen molar-refractivity contribution in [3.8, 4) is 5.75 Å². The van der Waals surface area contributed by atoms with Gasteiger partial charge in [0.05, 0.1) is 0 Å². The third-order valence-corrected chi connectivity index (χ3v) is 4.64. The third kappa shape index (κ3) is 1.85. The normalized spacial score (nSPS) is 27.3. The summed E-state index contributed by atoms with van der Waals surface area (Å²) in [6, 6.07) is 5.73. The monoisotopic (exact) mass is 354 g/mol. The molecule has 2 aliphatic heterocycles. The number of likely N-dealkylation sites (N-methyl/N-ethyl adjacent to an activating group) is 1. The number of carbonyl (C=O) groups excluding carboxylic acids is 1. The van der Waals surface area contributed by atoms with E-state index in [2.05, 4.69) is 21.2 Å². The van der Waals surface area contributed by atoms with Gasteiger partial charge in [-0.15, -0.1) is 0 Å². The summed E-state index contributed by atoms with van der Waals surface area (Å²) in [5.74, 6) is 0.696. The molecule has 4 nitrogen and oxygen atoms in total. The van der Waals surface area contributed by atoms with Crippen LogP contribution in [0.2, 0.25) is 0 Å². The lowest BCUT2D eigenvalue weighted by Crippen LogP contribution is -2.53. The first-order valence-corrected chi connectivity index (χ1v) is 7.55. The predicted octanol–water partition coefficient (Wildman–Crippen LogP) is 2.55. The molecule has 1 atom stereocenters. The Labute approximate surface area is 131 Å². The number of hydrogen-bond acceptors (Lipinski definition) is 3. The van der Waals surface area contributed by atoms with Crippen molar-refractivity contribution in [2.24, 2.45) is 0 Å². The molecule has 6 heteroatoms. The van der Waals surface area contributed by atoms with Crippen molar-refractivity contribution < 1.29 is 9.53 Å². The van der Waals surface area contributed by atoms with Crippen LogP contribution in [0.15, 0.2) is 22.7 Å². The summed E-state index contributed by atoms with van der Waals surface area (Å²) in [6.45, 7) is 3.96. The molecule has 2 heterocycles. The van der Waals surface area contributed by atoms with Crippen molar-refractivity contribution in [3.63, 3.8) is 0 Å². The molecule has 0 aliphatic carbocycles. The zero-order valence-electron chi connectivity index (χ0n) is 11.5. The number of thiocarbonyl (C=S) groups is 1. The SMILES string of the molecule is CN1C(=O)C2(CC(C)(C)Oc3ccc(Br)cc32)NC1=S. The van der Waals surface area contributed by atoms with Crippen molar-refractivity contribution in [3.05, 3.63) is 28.2 Å². The maximum atomic E-state index is 12.8. The Morgan fingerprint density at radius 3 is 2.75 bits per heavy atom. The van der Waals surface area contributed by atoms with Gasteiger partial charge in [0.15, 0.2) is 10.7 Å². The summed E-state index contributed by atoms with van der Waals surface area (Å²) in [5.41, 5.74) is -0.431. The van der Waals surface area contributed by atoms with Gasteiger partial charge in [-0.25, -0.2) is 0 Å². The van der Waals surface area contributed by atoms with Gasteiger partial charge in [0.25, 0.3) is 5.91 Å². The molecule has 0 bridgehead atoms. The average Bonchev–Trinajstić information content (AvgIpc) is 2.55. The van der Waals surface area contributed by atoms with Crippen molar-refractivity contribution in [2.45, 2.75) is 31.4 Å². The van der Waals surface area contributed by atoms with E-state index in [0.29, 0.717) is 11.5 Å². The molecule has 1 amide bonds. The van der Waals surface area contributed by atoms with E-state index in [-0.39, 0.29) is 5.91 Å². The van der Waals surface area contributed by atoms with Gasteiger partial charge in [0.1, 0.15) is 11.4 Å². The van der Waals surface area contributed by atoms with Gasteiger partial charge >= 0.3 is 0 Å². The standard InChI is InChI=1S/C14H15BrN2O2S/c1-13(2)7-14(11(18)17(3)12(20)16-14)9-6-8(15)4-5-10(9)19-13/h4-6H,7H2,1-3H3,(H,16,20). The fraction of sp³-hybridized carbons (Fsp3) is 0.429. The van der Waals surface area contributed by atoms with E-state index in [4.69, 9.17) is 17.0 Å². The summed E-state index contributed by atoms with van der Waals surface area (Å²) in [7, 11) is 1.70. The minimum Gasteiger partial charge on any atom is -0.487 e. The van der Waals surface area contributed by atoms with E-state index in [1.807, 2.05) is 32.0 Å². The van der Waals surface area contributed by atoms with Crippen molar-refractivity contribution in [1.29, 1.82) is 0 Å². The average molecular weight is 355 g/mol. The molecule has 0 aromatic heterocycles. The fourth-order valence-corrected chi connectivity index (χ4v) is 3.61. The van der Waals surface area contributed by atoms with Crippen LogP contribution in [-0.4, -0.2) is 28.6 Å². The number of carbonyl (C=O) groups is 1. The topological polar surface area (TPSA) is 41.6 Å². The lowest BCUT2D eigenvalue weighted by Gasteiger charge is -2.42. The predicted molar refractivity (Wildman–Crippen MR) is 83.6 cm³/mol. The maximum Gasteiger partial charge on any atom is 0.259 e. The van der Waals surface area contributed by atoms with Gasteiger partial charge < -0.3 is 10.1 Å². The number of amides is 1. The molecule has 0 saturated carbocycles. The number of fused-ring (bicyclic) bond motifs is 2. The summed E-state index contributed by atoms with van der Waals surface area (Å²) in [4.78, 5) is 14.3. The first-order valence-electron chi connectivity index (χ1n) is 6.35. The number of nitrogens with one attached hydrogen (secondary N) is 1. The zero-order valence-corrected chi connectivity index (χ0v) is 13.9. The highest BCUT2D eigenvalue weighted by atomic mass is 79.9. The second kappa shape index (κ2) is 4.18. The van der Waals surface area contributed by atoms with Gasteiger partial charge in [-0.05, 0) is 44.3 Å².